The number of aryl methyl sites for hydroxylation is 1. The van der Waals surface area contributed by atoms with E-state index in [0.717, 1.165) is 28.5 Å². The minimum atomic E-state index is -0.0208. The molecule has 2 aromatic heterocycles. The summed E-state index contributed by atoms with van der Waals surface area (Å²) in [5.41, 5.74) is 8.38. The molecule has 2 N–H and O–H groups in total. The summed E-state index contributed by atoms with van der Waals surface area (Å²) in [6.07, 6.45) is 4.45. The van der Waals surface area contributed by atoms with Crippen molar-refractivity contribution in [2.45, 2.75) is 12.5 Å². The maximum atomic E-state index is 6.23. The van der Waals surface area contributed by atoms with E-state index in [0.29, 0.717) is 0 Å². The average Bonchev–Trinajstić information content (AvgIpc) is 3.08. The molecule has 0 radical (unpaired) electrons. The lowest BCUT2D eigenvalue weighted by atomic mass is 10.0. The van der Waals surface area contributed by atoms with E-state index in [1.54, 1.807) is 17.5 Å². The molecule has 0 aliphatic carbocycles. The summed E-state index contributed by atoms with van der Waals surface area (Å²) >= 11 is 1.61. The van der Waals surface area contributed by atoms with E-state index >= 15 is 0 Å². The SMILES string of the molecule is Cn1ccnc1-c1nc(CC(N)c2ccccc2)cs1. The zero-order valence-corrected chi connectivity index (χ0v) is 12.0. The fourth-order valence-electron chi connectivity index (χ4n) is 2.12. The molecule has 0 saturated carbocycles. The van der Waals surface area contributed by atoms with Crippen LogP contribution in [0.2, 0.25) is 0 Å². The maximum Gasteiger partial charge on any atom is 0.168 e. The summed E-state index contributed by atoms with van der Waals surface area (Å²) in [6.45, 7) is 0. The average molecular weight is 284 g/mol. The molecule has 0 amide bonds. The lowest BCUT2D eigenvalue weighted by molar-refractivity contribution is 0.710. The number of aromatic nitrogens is 3. The van der Waals surface area contributed by atoms with Crippen molar-refractivity contribution < 1.29 is 0 Å². The summed E-state index contributed by atoms with van der Waals surface area (Å²) in [5, 5.41) is 3.00. The van der Waals surface area contributed by atoms with Crippen molar-refractivity contribution in [2.75, 3.05) is 0 Å². The fourth-order valence-corrected chi connectivity index (χ4v) is 2.99. The molecule has 0 aliphatic rings. The van der Waals surface area contributed by atoms with Crippen molar-refractivity contribution >= 4 is 11.3 Å². The first kappa shape index (κ1) is 13.0. The highest BCUT2D eigenvalue weighted by atomic mass is 32.1. The van der Waals surface area contributed by atoms with Gasteiger partial charge in [-0.2, -0.15) is 0 Å². The van der Waals surface area contributed by atoms with Gasteiger partial charge in [-0.3, -0.25) is 0 Å². The van der Waals surface area contributed by atoms with E-state index < -0.39 is 0 Å². The normalized spacial score (nSPS) is 12.5. The van der Waals surface area contributed by atoms with E-state index in [9.17, 15) is 0 Å². The Hall–Kier alpha value is -1.98. The van der Waals surface area contributed by atoms with Gasteiger partial charge in [0.25, 0.3) is 0 Å². The van der Waals surface area contributed by atoms with Crippen molar-refractivity contribution in [3.05, 3.63) is 59.4 Å². The molecule has 0 bridgehead atoms. The number of imidazole rings is 1. The Balaban J connectivity index is 1.77. The van der Waals surface area contributed by atoms with Gasteiger partial charge in [0.1, 0.15) is 0 Å². The van der Waals surface area contributed by atoms with Gasteiger partial charge >= 0.3 is 0 Å². The Morgan fingerprint density at radius 2 is 2.10 bits per heavy atom. The molecular weight excluding hydrogens is 268 g/mol. The standard InChI is InChI=1S/C15H16N4S/c1-19-8-7-17-14(19)15-18-12(10-20-15)9-13(16)11-5-3-2-4-6-11/h2-8,10,13H,9,16H2,1H3. The van der Waals surface area contributed by atoms with Gasteiger partial charge in [-0.1, -0.05) is 30.3 Å². The van der Waals surface area contributed by atoms with E-state index in [4.69, 9.17) is 5.73 Å². The number of benzene rings is 1. The molecule has 3 rings (SSSR count). The molecule has 0 aliphatic heterocycles. The molecule has 102 valence electrons. The van der Waals surface area contributed by atoms with Crippen LogP contribution < -0.4 is 5.73 Å². The highest BCUT2D eigenvalue weighted by Crippen LogP contribution is 2.24. The van der Waals surface area contributed by atoms with Crippen LogP contribution >= 0.6 is 11.3 Å². The molecule has 20 heavy (non-hydrogen) atoms. The number of nitrogens with two attached hydrogens (primary N) is 1. The van der Waals surface area contributed by atoms with Gasteiger partial charge in [-0.15, -0.1) is 11.3 Å². The van der Waals surface area contributed by atoms with Gasteiger partial charge in [0.15, 0.2) is 10.8 Å². The van der Waals surface area contributed by atoms with Crippen LogP contribution in [-0.4, -0.2) is 14.5 Å². The Morgan fingerprint density at radius 3 is 2.80 bits per heavy atom. The molecule has 5 heteroatoms. The third-order valence-electron chi connectivity index (χ3n) is 3.22. The molecule has 2 heterocycles. The quantitative estimate of drug-likeness (QED) is 0.801. The molecule has 1 aromatic carbocycles. The molecule has 0 fully saturated rings. The minimum Gasteiger partial charge on any atom is -0.332 e. The lowest BCUT2D eigenvalue weighted by Gasteiger charge is -2.09. The van der Waals surface area contributed by atoms with Crippen LogP contribution in [0.3, 0.4) is 0 Å². The van der Waals surface area contributed by atoms with E-state index in [2.05, 4.69) is 27.5 Å². The smallest absolute Gasteiger partial charge is 0.168 e. The number of thiazole rings is 1. The second-order valence-corrected chi connectivity index (χ2v) is 5.59. The molecular formula is C15H16N4S. The van der Waals surface area contributed by atoms with Crippen molar-refractivity contribution in [2.24, 2.45) is 12.8 Å². The van der Waals surface area contributed by atoms with Crippen LogP contribution in [0.4, 0.5) is 0 Å². The topological polar surface area (TPSA) is 56.7 Å². The molecule has 0 saturated heterocycles. The first-order valence-corrected chi connectivity index (χ1v) is 7.34. The van der Waals surface area contributed by atoms with Crippen molar-refractivity contribution in [3.8, 4) is 10.8 Å². The Kier molecular flexibility index (Phi) is 3.62. The summed E-state index contributed by atoms with van der Waals surface area (Å²) in [7, 11) is 1.97. The predicted octanol–water partition coefficient (Wildman–Crippen LogP) is 2.79. The van der Waals surface area contributed by atoms with Gasteiger partial charge in [-0.05, 0) is 5.56 Å². The largest absolute Gasteiger partial charge is 0.332 e. The zero-order valence-electron chi connectivity index (χ0n) is 11.2. The van der Waals surface area contributed by atoms with Crippen LogP contribution in [0.1, 0.15) is 17.3 Å². The first-order chi connectivity index (χ1) is 9.74. The Bertz CT molecular complexity index is 687. The fraction of sp³-hybridized carbons (Fsp3) is 0.200. The first-order valence-electron chi connectivity index (χ1n) is 6.46. The van der Waals surface area contributed by atoms with Gasteiger partial charge in [0.05, 0.1) is 5.69 Å². The van der Waals surface area contributed by atoms with Gasteiger partial charge < -0.3 is 10.3 Å². The van der Waals surface area contributed by atoms with E-state index in [-0.39, 0.29) is 6.04 Å². The third-order valence-corrected chi connectivity index (χ3v) is 4.11. The van der Waals surface area contributed by atoms with Crippen LogP contribution in [-0.2, 0) is 13.5 Å². The van der Waals surface area contributed by atoms with Crippen LogP contribution in [0.15, 0.2) is 48.1 Å². The van der Waals surface area contributed by atoms with Crippen LogP contribution in [0.5, 0.6) is 0 Å². The number of rotatable bonds is 4. The second kappa shape index (κ2) is 5.56. The van der Waals surface area contributed by atoms with E-state index in [1.807, 2.05) is 36.0 Å². The Labute approximate surface area is 121 Å². The number of nitrogens with zero attached hydrogens (tertiary/aromatic N) is 3. The molecule has 0 spiro atoms. The molecule has 1 unspecified atom stereocenters. The number of hydrogen-bond acceptors (Lipinski definition) is 4. The van der Waals surface area contributed by atoms with Gasteiger partial charge in [0.2, 0.25) is 0 Å². The highest BCUT2D eigenvalue weighted by Gasteiger charge is 2.12. The lowest BCUT2D eigenvalue weighted by Crippen LogP contribution is -2.13. The Morgan fingerprint density at radius 1 is 1.30 bits per heavy atom. The van der Waals surface area contributed by atoms with Crippen LogP contribution in [0, 0.1) is 0 Å². The summed E-state index contributed by atoms with van der Waals surface area (Å²) in [4.78, 5) is 8.95. The second-order valence-electron chi connectivity index (χ2n) is 4.73. The number of hydrogen-bond donors (Lipinski definition) is 1. The highest BCUT2D eigenvalue weighted by molar-refractivity contribution is 7.13. The predicted molar refractivity (Wildman–Crippen MR) is 81.4 cm³/mol. The summed E-state index contributed by atoms with van der Waals surface area (Å²) in [6, 6.07) is 10.1. The molecule has 3 aromatic rings. The summed E-state index contributed by atoms with van der Waals surface area (Å²) < 4.78 is 1.97. The van der Waals surface area contributed by atoms with E-state index in [1.165, 1.54) is 0 Å². The zero-order chi connectivity index (χ0) is 13.9. The van der Waals surface area contributed by atoms with Crippen LogP contribution in [0.25, 0.3) is 10.8 Å². The monoisotopic (exact) mass is 284 g/mol. The third kappa shape index (κ3) is 2.64. The van der Waals surface area contributed by atoms with Crippen molar-refractivity contribution in [1.29, 1.82) is 0 Å². The molecule has 4 nitrogen and oxygen atoms in total. The summed E-state index contributed by atoms with van der Waals surface area (Å²) in [5.74, 6) is 0.898. The van der Waals surface area contributed by atoms with Crippen molar-refractivity contribution in [1.82, 2.24) is 14.5 Å². The van der Waals surface area contributed by atoms with Crippen molar-refractivity contribution in [3.63, 3.8) is 0 Å². The minimum absolute atomic E-state index is 0.0208. The van der Waals surface area contributed by atoms with Gasteiger partial charge in [-0.25, -0.2) is 9.97 Å². The van der Waals surface area contributed by atoms with Gasteiger partial charge in [0, 0.05) is 37.3 Å². The maximum absolute atomic E-state index is 6.23. The molecule has 1 atom stereocenters.